The van der Waals surface area contributed by atoms with Gasteiger partial charge in [-0.1, -0.05) is 51.1 Å². The summed E-state index contributed by atoms with van der Waals surface area (Å²) in [4.78, 5) is 56.3. The fourth-order valence-electron chi connectivity index (χ4n) is 3.97. The Balaban J connectivity index is 2.90. The standard InChI is InChI=1S/C26H43N7O6/c1-5-7-8-9-10-11-13-32(4)17-22(34)20(15-23(35)36)30-25(37)21(6-2)33-14-12-28-24(26(33)38)29-16-19(27)18(3)31-39/h12,14,20-21,27,39H,5-11,13,15-17H2,1-4H3,(H,28,29)(H,30,37)(H,35,36)/b27-19?,31-18-. The van der Waals surface area contributed by atoms with Crippen LogP contribution in [0.5, 0.6) is 0 Å². The molecule has 0 saturated heterocycles. The van der Waals surface area contributed by atoms with Crippen molar-refractivity contribution in [2.24, 2.45) is 5.16 Å². The Morgan fingerprint density at radius 2 is 1.85 bits per heavy atom. The summed E-state index contributed by atoms with van der Waals surface area (Å²) in [7, 11) is 1.79. The highest BCUT2D eigenvalue weighted by Gasteiger charge is 2.29. The van der Waals surface area contributed by atoms with Crippen LogP contribution in [0.15, 0.2) is 22.3 Å². The van der Waals surface area contributed by atoms with Gasteiger partial charge in [-0.15, -0.1) is 0 Å². The van der Waals surface area contributed by atoms with Crippen molar-refractivity contribution >= 4 is 34.9 Å². The van der Waals surface area contributed by atoms with E-state index < -0.39 is 41.7 Å². The smallest absolute Gasteiger partial charge is 0.305 e. The predicted molar refractivity (Wildman–Crippen MR) is 149 cm³/mol. The van der Waals surface area contributed by atoms with Crippen LogP contribution in [0.25, 0.3) is 0 Å². The minimum absolute atomic E-state index is 0.00420. The van der Waals surface area contributed by atoms with Crippen LogP contribution in [0.4, 0.5) is 5.82 Å². The molecule has 0 saturated carbocycles. The lowest BCUT2D eigenvalue weighted by molar-refractivity contribution is -0.140. The van der Waals surface area contributed by atoms with E-state index in [4.69, 9.17) is 10.6 Å². The van der Waals surface area contributed by atoms with Crippen molar-refractivity contribution in [3.63, 3.8) is 0 Å². The summed E-state index contributed by atoms with van der Waals surface area (Å²) in [6.07, 6.45) is 8.93. The maximum Gasteiger partial charge on any atom is 0.305 e. The normalized spacial score (nSPS) is 13.1. The molecule has 1 aromatic heterocycles. The number of carboxylic acids is 1. The molecule has 1 aromatic rings. The zero-order chi connectivity index (χ0) is 29.4. The quantitative estimate of drug-likeness (QED) is 0.0703. The molecule has 13 nitrogen and oxygen atoms in total. The monoisotopic (exact) mass is 549 g/mol. The fourth-order valence-corrected chi connectivity index (χ4v) is 3.97. The summed E-state index contributed by atoms with van der Waals surface area (Å²) in [6, 6.07) is -2.27. The van der Waals surface area contributed by atoms with E-state index in [1.54, 1.807) is 14.0 Å². The Morgan fingerprint density at radius 3 is 2.46 bits per heavy atom. The van der Waals surface area contributed by atoms with Gasteiger partial charge >= 0.3 is 5.97 Å². The van der Waals surface area contributed by atoms with Crippen LogP contribution in [0, 0.1) is 5.41 Å². The van der Waals surface area contributed by atoms with E-state index in [1.807, 2.05) is 4.90 Å². The van der Waals surface area contributed by atoms with Gasteiger partial charge in [-0.25, -0.2) is 4.98 Å². The van der Waals surface area contributed by atoms with Crippen molar-refractivity contribution < 1.29 is 24.7 Å². The van der Waals surface area contributed by atoms with Crippen LogP contribution in [0.2, 0.25) is 0 Å². The summed E-state index contributed by atoms with van der Waals surface area (Å²) in [5, 5.41) is 34.1. The Kier molecular flexibility index (Phi) is 15.3. The summed E-state index contributed by atoms with van der Waals surface area (Å²) < 4.78 is 1.15. The number of rotatable bonds is 20. The number of carbonyl (C=O) groups is 3. The molecular weight excluding hydrogens is 506 g/mol. The van der Waals surface area contributed by atoms with Gasteiger partial charge in [0, 0.05) is 12.4 Å². The molecule has 0 aliphatic carbocycles. The number of hydrogen-bond acceptors (Lipinski definition) is 10. The zero-order valence-corrected chi connectivity index (χ0v) is 23.4. The van der Waals surface area contributed by atoms with Crippen molar-refractivity contribution in [3.05, 3.63) is 22.7 Å². The minimum atomic E-state index is -1.24. The fraction of sp³-hybridized carbons (Fsp3) is 0.654. The summed E-state index contributed by atoms with van der Waals surface area (Å²) in [5.74, 6) is -2.42. The van der Waals surface area contributed by atoms with Crippen molar-refractivity contribution in [1.82, 2.24) is 19.8 Å². The lowest BCUT2D eigenvalue weighted by Crippen LogP contribution is -2.49. The molecule has 0 aliphatic heterocycles. The topological polar surface area (TPSA) is 190 Å². The first kappa shape index (κ1) is 33.4. The number of oxime groups is 1. The number of ketones is 1. The molecule has 0 aliphatic rings. The summed E-state index contributed by atoms with van der Waals surface area (Å²) in [6.45, 7) is 5.82. The van der Waals surface area contributed by atoms with Crippen LogP contribution in [0.3, 0.4) is 0 Å². The number of likely N-dealkylation sites (N-methyl/N-ethyl adjacent to an activating group) is 1. The number of anilines is 1. The van der Waals surface area contributed by atoms with E-state index in [0.29, 0.717) is 6.54 Å². The highest BCUT2D eigenvalue weighted by atomic mass is 16.4. The Bertz CT molecular complexity index is 1060. The van der Waals surface area contributed by atoms with Gasteiger partial charge in [0.1, 0.15) is 6.04 Å². The number of hydrogen-bond donors (Lipinski definition) is 5. The molecule has 0 radical (unpaired) electrons. The maximum absolute atomic E-state index is 13.2. The van der Waals surface area contributed by atoms with Crippen LogP contribution in [-0.2, 0) is 14.4 Å². The molecule has 0 spiro atoms. The van der Waals surface area contributed by atoms with Crippen LogP contribution >= 0.6 is 0 Å². The van der Waals surface area contributed by atoms with Gasteiger partial charge in [-0.2, -0.15) is 0 Å². The van der Waals surface area contributed by atoms with Crippen LogP contribution in [-0.4, -0.2) is 86.6 Å². The van der Waals surface area contributed by atoms with Gasteiger partial charge in [0.2, 0.25) is 5.91 Å². The predicted octanol–water partition coefficient (Wildman–Crippen LogP) is 2.30. The van der Waals surface area contributed by atoms with Crippen LogP contribution < -0.4 is 16.2 Å². The molecule has 5 N–H and O–H groups in total. The second kappa shape index (κ2) is 17.8. The van der Waals surface area contributed by atoms with E-state index in [1.165, 1.54) is 38.6 Å². The summed E-state index contributed by atoms with van der Waals surface area (Å²) in [5.41, 5.74) is -0.627. The lowest BCUT2D eigenvalue weighted by Gasteiger charge is -2.24. The van der Waals surface area contributed by atoms with Gasteiger partial charge in [-0.3, -0.25) is 28.6 Å². The Hall–Kier alpha value is -3.61. The van der Waals surface area contributed by atoms with E-state index in [9.17, 15) is 24.3 Å². The Labute approximate surface area is 229 Å². The summed E-state index contributed by atoms with van der Waals surface area (Å²) >= 11 is 0. The van der Waals surface area contributed by atoms with E-state index in [-0.39, 0.29) is 36.8 Å². The molecule has 2 unspecified atom stereocenters. The second-order valence-corrected chi connectivity index (χ2v) is 9.56. The van der Waals surface area contributed by atoms with E-state index in [0.717, 1.165) is 23.8 Å². The largest absolute Gasteiger partial charge is 0.481 e. The third kappa shape index (κ3) is 11.8. The molecule has 218 valence electrons. The molecule has 0 bridgehead atoms. The number of nitrogens with zero attached hydrogens (tertiary/aromatic N) is 4. The van der Waals surface area contributed by atoms with E-state index in [2.05, 4.69) is 27.7 Å². The van der Waals surface area contributed by atoms with Gasteiger partial charge in [0.15, 0.2) is 11.6 Å². The van der Waals surface area contributed by atoms with Gasteiger partial charge < -0.3 is 26.4 Å². The van der Waals surface area contributed by atoms with Gasteiger partial charge in [0.05, 0.1) is 37.0 Å². The molecule has 0 fully saturated rings. The molecule has 39 heavy (non-hydrogen) atoms. The molecule has 1 amide bonds. The van der Waals surface area contributed by atoms with Crippen molar-refractivity contribution in [2.75, 3.05) is 32.0 Å². The lowest BCUT2D eigenvalue weighted by atomic mass is 10.1. The first-order valence-electron chi connectivity index (χ1n) is 13.4. The third-order valence-corrected chi connectivity index (χ3v) is 6.32. The average molecular weight is 550 g/mol. The van der Waals surface area contributed by atoms with Gasteiger partial charge in [0.25, 0.3) is 5.56 Å². The molecule has 1 heterocycles. The number of unbranched alkanes of at least 4 members (excludes halogenated alkanes) is 5. The van der Waals surface area contributed by atoms with Gasteiger partial charge in [-0.05, 0) is 33.4 Å². The molecule has 0 aromatic carbocycles. The zero-order valence-electron chi connectivity index (χ0n) is 23.4. The number of amides is 1. The maximum atomic E-state index is 13.2. The number of nitrogens with one attached hydrogen (secondary N) is 3. The molecular formula is C26H43N7O6. The van der Waals surface area contributed by atoms with Crippen LogP contribution in [0.1, 0.15) is 78.2 Å². The Morgan fingerprint density at radius 1 is 1.18 bits per heavy atom. The van der Waals surface area contributed by atoms with Crippen molar-refractivity contribution in [2.45, 2.75) is 84.2 Å². The highest BCUT2D eigenvalue weighted by Crippen LogP contribution is 2.12. The highest BCUT2D eigenvalue weighted by molar-refractivity contribution is 6.41. The van der Waals surface area contributed by atoms with Crippen molar-refractivity contribution in [1.29, 1.82) is 5.41 Å². The second-order valence-electron chi connectivity index (χ2n) is 9.56. The first-order chi connectivity index (χ1) is 18.5. The number of aromatic nitrogens is 2. The number of aliphatic carboxylic acids is 1. The van der Waals surface area contributed by atoms with E-state index >= 15 is 0 Å². The number of carboxylic acid groups (broad SMARTS) is 1. The minimum Gasteiger partial charge on any atom is -0.481 e. The molecule has 2 atom stereocenters. The third-order valence-electron chi connectivity index (χ3n) is 6.32. The average Bonchev–Trinajstić information content (AvgIpc) is 2.89. The molecule has 13 heteroatoms. The SMILES string of the molecule is CCCCCCCCN(C)CC(=O)C(CC(=O)O)NC(=O)C(CC)n1ccnc(NCC(=N)/C(C)=N\O)c1=O. The first-order valence-corrected chi connectivity index (χ1v) is 13.4. The molecule has 1 rings (SSSR count). The number of carbonyl (C=O) groups excluding carboxylic acids is 2. The number of Topliss-reactive ketones (excluding diaryl/α,β-unsaturated/α-hetero) is 1. The van der Waals surface area contributed by atoms with Crippen molar-refractivity contribution in [3.8, 4) is 0 Å².